The maximum Gasteiger partial charge on any atom is 0.0541 e. The van der Waals surface area contributed by atoms with Gasteiger partial charge in [0.2, 0.25) is 0 Å². The fourth-order valence-corrected chi connectivity index (χ4v) is 9.08. The highest BCUT2D eigenvalue weighted by atomic mass is 15.1. The third kappa shape index (κ3) is 6.14. The summed E-state index contributed by atoms with van der Waals surface area (Å²) in [5.74, 6) is 0. The quantitative estimate of drug-likeness (QED) is 0.150. The van der Waals surface area contributed by atoms with E-state index in [9.17, 15) is 0 Å². The van der Waals surface area contributed by atoms with Gasteiger partial charge in [-0.15, -0.1) is 0 Å². The molecule has 1 heterocycles. The lowest BCUT2D eigenvalue weighted by molar-refractivity contribution is 1.18. The van der Waals surface area contributed by atoms with Crippen LogP contribution in [0.15, 0.2) is 243 Å². The molecule has 2 heteroatoms. The molecule has 0 atom stereocenters. The van der Waals surface area contributed by atoms with Crippen molar-refractivity contribution in [2.45, 2.75) is 0 Å². The van der Waals surface area contributed by atoms with Crippen molar-refractivity contribution >= 4 is 49.6 Å². The van der Waals surface area contributed by atoms with Gasteiger partial charge in [0.25, 0.3) is 0 Å². The van der Waals surface area contributed by atoms with E-state index < -0.39 is 0 Å². The third-order valence-electron chi connectivity index (χ3n) is 11.8. The summed E-state index contributed by atoms with van der Waals surface area (Å²) in [6.45, 7) is 0. The van der Waals surface area contributed by atoms with Gasteiger partial charge in [0.05, 0.1) is 16.7 Å². The number of hydrogen-bond donors (Lipinski definition) is 0. The Labute approximate surface area is 350 Å². The largest absolute Gasteiger partial charge is 0.310 e. The van der Waals surface area contributed by atoms with Crippen molar-refractivity contribution in [1.29, 1.82) is 0 Å². The van der Waals surface area contributed by atoms with Crippen LogP contribution in [0, 0.1) is 0 Å². The molecule has 282 valence electrons. The Morgan fingerprint density at radius 3 is 1.47 bits per heavy atom. The molecule has 0 bridgehead atoms. The van der Waals surface area contributed by atoms with Gasteiger partial charge in [-0.2, -0.15) is 0 Å². The standard InChI is InChI=1S/C58H40N2/c1-4-18-41(19-5-1)49-38-34-43-22-10-11-25-48(43)58(49)44-32-35-46(36-33-44)59(45-23-8-3-9-24-45)47-37-39-50(54(40-47)42-20-6-2-7-21-42)51-26-12-15-29-55(51)60-56-30-16-13-27-52(56)53-28-14-17-31-57(53)60/h1-40H. The number of nitrogens with zero attached hydrogens (tertiary/aromatic N) is 2. The average Bonchev–Trinajstić information content (AvgIpc) is 3.67. The van der Waals surface area contributed by atoms with E-state index in [2.05, 4.69) is 252 Å². The molecule has 0 radical (unpaired) electrons. The normalized spacial score (nSPS) is 11.3. The van der Waals surface area contributed by atoms with Crippen LogP contribution in [0.25, 0.3) is 82.8 Å². The zero-order valence-electron chi connectivity index (χ0n) is 33.0. The summed E-state index contributed by atoms with van der Waals surface area (Å²) in [7, 11) is 0. The summed E-state index contributed by atoms with van der Waals surface area (Å²) >= 11 is 0. The molecule has 0 unspecified atom stereocenters. The van der Waals surface area contributed by atoms with Gasteiger partial charge in [0.1, 0.15) is 0 Å². The molecule has 0 aliphatic carbocycles. The van der Waals surface area contributed by atoms with Crippen LogP contribution in [0.1, 0.15) is 0 Å². The number of fused-ring (bicyclic) bond motifs is 4. The van der Waals surface area contributed by atoms with E-state index in [1.54, 1.807) is 0 Å². The number of aromatic nitrogens is 1. The first kappa shape index (κ1) is 35.2. The first-order valence-corrected chi connectivity index (χ1v) is 20.6. The molecular formula is C58H40N2. The van der Waals surface area contributed by atoms with Gasteiger partial charge >= 0.3 is 0 Å². The molecule has 0 saturated carbocycles. The van der Waals surface area contributed by atoms with E-state index in [4.69, 9.17) is 0 Å². The SMILES string of the molecule is c1ccc(-c2cc(N(c3ccccc3)c3ccc(-c4c(-c5ccccc5)ccc5ccccc45)cc3)ccc2-c2ccccc2-n2c3ccccc3c3ccccc32)cc1. The second-order valence-electron chi connectivity index (χ2n) is 15.3. The molecule has 0 aliphatic heterocycles. The van der Waals surface area contributed by atoms with Crippen molar-refractivity contribution < 1.29 is 0 Å². The molecule has 0 aliphatic rings. The van der Waals surface area contributed by atoms with E-state index in [-0.39, 0.29) is 0 Å². The maximum atomic E-state index is 2.43. The zero-order chi connectivity index (χ0) is 39.8. The van der Waals surface area contributed by atoms with E-state index in [1.807, 2.05) is 0 Å². The van der Waals surface area contributed by atoms with Gasteiger partial charge < -0.3 is 9.47 Å². The highest BCUT2D eigenvalue weighted by Crippen LogP contribution is 2.45. The Bertz CT molecular complexity index is 3240. The molecule has 0 N–H and O–H groups in total. The van der Waals surface area contributed by atoms with Crippen molar-refractivity contribution in [3.8, 4) is 50.2 Å². The van der Waals surface area contributed by atoms with Crippen LogP contribution in [0.3, 0.4) is 0 Å². The summed E-state index contributed by atoms with van der Waals surface area (Å²) in [6.07, 6.45) is 0. The van der Waals surface area contributed by atoms with Gasteiger partial charge in [-0.3, -0.25) is 0 Å². The minimum Gasteiger partial charge on any atom is -0.310 e. The van der Waals surface area contributed by atoms with Crippen molar-refractivity contribution in [3.63, 3.8) is 0 Å². The maximum absolute atomic E-state index is 2.43. The van der Waals surface area contributed by atoms with Crippen LogP contribution in [0.2, 0.25) is 0 Å². The number of hydrogen-bond acceptors (Lipinski definition) is 1. The fraction of sp³-hybridized carbons (Fsp3) is 0. The highest BCUT2D eigenvalue weighted by molar-refractivity contribution is 6.10. The van der Waals surface area contributed by atoms with Crippen LogP contribution in [-0.2, 0) is 0 Å². The van der Waals surface area contributed by atoms with Crippen molar-refractivity contribution in [2.24, 2.45) is 0 Å². The average molecular weight is 765 g/mol. The van der Waals surface area contributed by atoms with Crippen molar-refractivity contribution in [3.05, 3.63) is 243 Å². The van der Waals surface area contributed by atoms with Gasteiger partial charge in [-0.25, -0.2) is 0 Å². The number of anilines is 3. The number of para-hydroxylation sites is 4. The van der Waals surface area contributed by atoms with E-state index >= 15 is 0 Å². The smallest absolute Gasteiger partial charge is 0.0541 e. The molecular weight excluding hydrogens is 725 g/mol. The van der Waals surface area contributed by atoms with Crippen molar-refractivity contribution in [1.82, 2.24) is 4.57 Å². The summed E-state index contributed by atoms with van der Waals surface area (Å²) in [6, 6.07) is 87.8. The van der Waals surface area contributed by atoms with Gasteiger partial charge in [0.15, 0.2) is 0 Å². The molecule has 10 aromatic carbocycles. The molecule has 11 aromatic rings. The highest BCUT2D eigenvalue weighted by Gasteiger charge is 2.21. The molecule has 0 spiro atoms. The molecule has 1 aromatic heterocycles. The number of benzene rings is 10. The Morgan fingerprint density at radius 1 is 0.283 bits per heavy atom. The van der Waals surface area contributed by atoms with E-state index in [0.29, 0.717) is 0 Å². The predicted molar refractivity (Wildman–Crippen MR) is 255 cm³/mol. The summed E-state index contributed by atoms with van der Waals surface area (Å²) < 4.78 is 2.43. The van der Waals surface area contributed by atoms with Gasteiger partial charge in [-0.05, 0) is 104 Å². The van der Waals surface area contributed by atoms with Crippen LogP contribution in [0.4, 0.5) is 17.1 Å². The summed E-state index contributed by atoms with van der Waals surface area (Å²) in [5.41, 5.74) is 16.4. The Morgan fingerprint density at radius 2 is 0.783 bits per heavy atom. The lowest BCUT2D eigenvalue weighted by atomic mass is 9.89. The summed E-state index contributed by atoms with van der Waals surface area (Å²) in [4.78, 5) is 2.38. The molecule has 0 fully saturated rings. The first-order chi connectivity index (χ1) is 29.8. The Kier molecular flexibility index (Phi) is 8.87. The van der Waals surface area contributed by atoms with Gasteiger partial charge in [-0.1, -0.05) is 188 Å². The van der Waals surface area contributed by atoms with Crippen LogP contribution < -0.4 is 4.90 Å². The molecule has 0 saturated heterocycles. The lowest BCUT2D eigenvalue weighted by Crippen LogP contribution is -2.10. The molecule has 0 amide bonds. The lowest BCUT2D eigenvalue weighted by Gasteiger charge is -2.27. The van der Waals surface area contributed by atoms with Crippen LogP contribution in [0.5, 0.6) is 0 Å². The topological polar surface area (TPSA) is 8.17 Å². The van der Waals surface area contributed by atoms with E-state index in [0.717, 1.165) is 22.7 Å². The van der Waals surface area contributed by atoms with Crippen LogP contribution >= 0.6 is 0 Å². The monoisotopic (exact) mass is 764 g/mol. The van der Waals surface area contributed by atoms with Crippen molar-refractivity contribution in [2.75, 3.05) is 4.90 Å². The molecule has 11 rings (SSSR count). The van der Waals surface area contributed by atoms with Gasteiger partial charge in [0, 0.05) is 33.4 Å². The number of rotatable bonds is 8. The Balaban J connectivity index is 1.08. The fourth-order valence-electron chi connectivity index (χ4n) is 9.08. The minimum atomic E-state index is 1.08. The molecule has 60 heavy (non-hydrogen) atoms. The van der Waals surface area contributed by atoms with Crippen LogP contribution in [-0.4, -0.2) is 4.57 Å². The third-order valence-corrected chi connectivity index (χ3v) is 11.8. The first-order valence-electron chi connectivity index (χ1n) is 20.6. The Hall–Kier alpha value is -7.94. The minimum absolute atomic E-state index is 1.08. The predicted octanol–water partition coefficient (Wildman–Crippen LogP) is 16.1. The summed E-state index contributed by atoms with van der Waals surface area (Å²) in [5, 5.41) is 4.98. The second-order valence-corrected chi connectivity index (χ2v) is 15.3. The second kappa shape index (κ2) is 15.1. The zero-order valence-corrected chi connectivity index (χ0v) is 33.0. The van der Waals surface area contributed by atoms with E-state index in [1.165, 1.54) is 77.1 Å². The molecule has 2 nitrogen and oxygen atoms in total.